The van der Waals surface area contributed by atoms with Crippen LogP contribution in [0.3, 0.4) is 0 Å². The molecule has 45 heavy (non-hydrogen) atoms. The Kier molecular flexibility index (Phi) is 11.5. The average molecular weight is 1260 g/mol. The highest BCUT2D eigenvalue weighted by molar-refractivity contribution is 14.1. The molecule has 0 aliphatic heterocycles. The minimum atomic E-state index is -0.214. The monoisotopic (exact) mass is 1260 g/mol. The fourth-order valence-corrected chi connectivity index (χ4v) is 9.84. The molecule has 0 nitrogen and oxygen atoms in total. The molecule has 224 valence electrons. The first kappa shape index (κ1) is 34.4. The van der Waals surface area contributed by atoms with Crippen molar-refractivity contribution in [2.75, 3.05) is 0 Å². The van der Waals surface area contributed by atoms with Crippen LogP contribution >= 0.6 is 136 Å². The van der Waals surface area contributed by atoms with Crippen LogP contribution in [0.25, 0.3) is 44.5 Å². The van der Waals surface area contributed by atoms with Gasteiger partial charge in [0.1, 0.15) is 11.6 Å². The summed E-state index contributed by atoms with van der Waals surface area (Å²) < 4.78 is 33.9. The molecule has 8 heteroatoms. The molecule has 0 aliphatic carbocycles. The van der Waals surface area contributed by atoms with Gasteiger partial charge in [0.15, 0.2) is 0 Å². The smallest absolute Gasteiger partial charge is 0.124 e. The predicted octanol–water partition coefficient (Wildman–Crippen LogP) is 13.9. The van der Waals surface area contributed by atoms with Gasteiger partial charge in [-0.1, -0.05) is 84.9 Å². The maximum Gasteiger partial charge on any atom is 0.124 e. The van der Waals surface area contributed by atoms with Gasteiger partial charge in [0.25, 0.3) is 0 Å². The van der Waals surface area contributed by atoms with E-state index in [9.17, 15) is 8.78 Å². The van der Waals surface area contributed by atoms with E-state index in [0.717, 1.165) is 35.8 Å². The lowest BCUT2D eigenvalue weighted by Crippen LogP contribution is -1.95. The molecule has 0 spiro atoms. The largest absolute Gasteiger partial charge is 0.207 e. The van der Waals surface area contributed by atoms with Gasteiger partial charge in [-0.25, -0.2) is 8.78 Å². The van der Waals surface area contributed by atoms with E-state index in [2.05, 4.69) is 208 Å². The summed E-state index contributed by atoms with van der Waals surface area (Å²) in [6.45, 7) is 0. The molecule has 6 aromatic carbocycles. The molecule has 6 rings (SSSR count). The van der Waals surface area contributed by atoms with Crippen molar-refractivity contribution in [3.63, 3.8) is 0 Å². The second-order valence-electron chi connectivity index (χ2n) is 10.4. The molecule has 0 fully saturated rings. The van der Waals surface area contributed by atoms with Gasteiger partial charge in [-0.3, -0.25) is 0 Å². The molecule has 0 radical (unpaired) electrons. The van der Waals surface area contributed by atoms with Crippen molar-refractivity contribution in [1.82, 2.24) is 0 Å². The molecule has 0 unspecified atom stereocenters. The molecule has 0 N–H and O–H groups in total. The highest BCUT2D eigenvalue weighted by atomic mass is 127. The third kappa shape index (κ3) is 7.59. The Morgan fingerprint density at radius 1 is 0.356 bits per heavy atom. The summed E-state index contributed by atoms with van der Waals surface area (Å²) in [6.07, 6.45) is 0.855. The van der Waals surface area contributed by atoms with Gasteiger partial charge in [-0.05, 0) is 222 Å². The van der Waals surface area contributed by atoms with Crippen LogP contribution in [0.2, 0.25) is 0 Å². The van der Waals surface area contributed by atoms with E-state index >= 15 is 0 Å². The summed E-state index contributed by atoms with van der Waals surface area (Å²) in [5.74, 6) is -0.427. The molecule has 0 atom stereocenters. The Hall–Kier alpha value is -0.440. The average Bonchev–Trinajstić information content (AvgIpc) is 3.02. The standard InChI is InChI=1S/C37H20F2I6/c38-24-9-11-28(32(40)18-24)30-15-13-26(34(42)36(30)44)22-5-1-20(2-6-22)17-21-3-7-23(8-4-21)27-14-16-31(37(45)35(27)43)29-12-10-25(39)19-33(29)41/h1-16,18-19H,17H2. The van der Waals surface area contributed by atoms with Gasteiger partial charge >= 0.3 is 0 Å². The van der Waals surface area contributed by atoms with Crippen LogP contribution in [0.5, 0.6) is 0 Å². The quantitative estimate of drug-likeness (QED) is 0.146. The third-order valence-corrected chi connectivity index (χ3v) is 15.9. The van der Waals surface area contributed by atoms with Crippen molar-refractivity contribution in [2.45, 2.75) is 6.42 Å². The Balaban J connectivity index is 1.19. The highest BCUT2D eigenvalue weighted by Crippen LogP contribution is 2.39. The SMILES string of the molecule is Fc1ccc(-c2ccc(-c3ccc(Cc4ccc(-c5ccc(-c6ccc(F)cc6I)c(I)c5I)cc4)cc3)c(I)c2I)c(I)c1. The minimum Gasteiger partial charge on any atom is -0.207 e. The third-order valence-electron chi connectivity index (χ3n) is 7.55. The van der Waals surface area contributed by atoms with Gasteiger partial charge in [-0.2, -0.15) is 0 Å². The predicted molar refractivity (Wildman–Crippen MR) is 234 cm³/mol. The Morgan fingerprint density at radius 3 is 1.02 bits per heavy atom. The topological polar surface area (TPSA) is 0 Å². The molecule has 0 saturated heterocycles. The number of rotatable bonds is 6. The van der Waals surface area contributed by atoms with Crippen molar-refractivity contribution in [3.05, 3.63) is 153 Å². The Labute approximate surface area is 343 Å². The minimum absolute atomic E-state index is 0.214. The first-order valence-corrected chi connectivity index (χ1v) is 20.1. The van der Waals surface area contributed by atoms with Crippen molar-refractivity contribution < 1.29 is 8.78 Å². The first-order valence-electron chi connectivity index (χ1n) is 13.7. The van der Waals surface area contributed by atoms with Crippen molar-refractivity contribution >= 4 is 136 Å². The maximum absolute atomic E-state index is 13.7. The summed E-state index contributed by atoms with van der Waals surface area (Å²) in [6, 6.07) is 36.2. The lowest BCUT2D eigenvalue weighted by Gasteiger charge is -2.14. The van der Waals surface area contributed by atoms with Crippen molar-refractivity contribution in [3.8, 4) is 44.5 Å². The maximum atomic E-state index is 13.7. The zero-order valence-electron chi connectivity index (χ0n) is 23.1. The van der Waals surface area contributed by atoms with Gasteiger partial charge in [0.2, 0.25) is 0 Å². The molecule has 0 bridgehead atoms. The molecule has 0 aromatic heterocycles. The molecule has 0 amide bonds. The van der Waals surface area contributed by atoms with Crippen LogP contribution in [0, 0.1) is 33.1 Å². The van der Waals surface area contributed by atoms with Crippen LogP contribution in [-0.2, 0) is 6.42 Å². The normalized spacial score (nSPS) is 11.2. The second-order valence-corrected chi connectivity index (χ2v) is 17.0. The fourth-order valence-electron chi connectivity index (χ4n) is 5.22. The zero-order valence-corrected chi connectivity index (χ0v) is 36.1. The lowest BCUT2D eigenvalue weighted by atomic mass is 9.96. The van der Waals surface area contributed by atoms with Gasteiger partial charge in [0, 0.05) is 21.4 Å². The van der Waals surface area contributed by atoms with E-state index < -0.39 is 0 Å². The molecular weight excluding hydrogens is 1240 g/mol. The van der Waals surface area contributed by atoms with Crippen molar-refractivity contribution in [2.24, 2.45) is 0 Å². The lowest BCUT2D eigenvalue weighted by molar-refractivity contribution is 0.626. The van der Waals surface area contributed by atoms with Crippen LogP contribution in [0.4, 0.5) is 8.78 Å². The van der Waals surface area contributed by atoms with Crippen LogP contribution in [0.15, 0.2) is 109 Å². The summed E-state index contributed by atoms with van der Waals surface area (Å²) in [5.41, 5.74) is 11.6. The Morgan fingerprint density at radius 2 is 0.667 bits per heavy atom. The van der Waals surface area contributed by atoms with Gasteiger partial charge < -0.3 is 0 Å². The molecule has 6 aromatic rings. The highest BCUT2D eigenvalue weighted by Gasteiger charge is 2.16. The van der Waals surface area contributed by atoms with E-state index in [1.54, 1.807) is 12.1 Å². The molecule has 0 aliphatic rings. The number of hydrogen-bond acceptors (Lipinski definition) is 0. The summed E-state index contributed by atoms with van der Waals surface area (Å²) in [5, 5.41) is 0. The van der Waals surface area contributed by atoms with Crippen LogP contribution in [-0.4, -0.2) is 0 Å². The molecule has 0 saturated carbocycles. The van der Waals surface area contributed by atoms with E-state index in [1.165, 1.54) is 59.8 Å². The van der Waals surface area contributed by atoms with Crippen LogP contribution < -0.4 is 0 Å². The summed E-state index contributed by atoms with van der Waals surface area (Å²) >= 11 is 14.1. The second kappa shape index (κ2) is 15.0. The number of halogens is 8. The summed E-state index contributed by atoms with van der Waals surface area (Å²) in [7, 11) is 0. The number of hydrogen-bond donors (Lipinski definition) is 0. The summed E-state index contributed by atoms with van der Waals surface area (Å²) in [4.78, 5) is 0. The number of benzene rings is 6. The zero-order chi connectivity index (χ0) is 31.8. The van der Waals surface area contributed by atoms with Crippen molar-refractivity contribution in [1.29, 1.82) is 0 Å². The first-order chi connectivity index (χ1) is 21.6. The molecule has 0 heterocycles. The Bertz CT molecular complexity index is 1910. The van der Waals surface area contributed by atoms with E-state index in [-0.39, 0.29) is 11.6 Å². The molecular formula is C37H20F2I6. The van der Waals surface area contributed by atoms with E-state index in [4.69, 9.17) is 0 Å². The van der Waals surface area contributed by atoms with Gasteiger partial charge in [-0.15, -0.1) is 0 Å². The van der Waals surface area contributed by atoms with Crippen LogP contribution in [0.1, 0.15) is 11.1 Å². The fraction of sp³-hybridized carbons (Fsp3) is 0.0270. The van der Waals surface area contributed by atoms with E-state index in [0.29, 0.717) is 0 Å². The van der Waals surface area contributed by atoms with Gasteiger partial charge in [0.05, 0.1) is 0 Å². The van der Waals surface area contributed by atoms with E-state index in [1.807, 2.05) is 12.1 Å².